The summed E-state index contributed by atoms with van der Waals surface area (Å²) in [7, 11) is 0. The van der Waals surface area contributed by atoms with Crippen molar-refractivity contribution in [3.05, 3.63) is 42.4 Å². The van der Waals surface area contributed by atoms with Crippen LogP contribution in [0.3, 0.4) is 0 Å². The number of pyridine rings is 1. The van der Waals surface area contributed by atoms with Gasteiger partial charge in [0, 0.05) is 44.8 Å². The van der Waals surface area contributed by atoms with Crippen LogP contribution in [0.5, 0.6) is 0 Å². The molecule has 0 bridgehead atoms. The van der Waals surface area contributed by atoms with Crippen molar-refractivity contribution >= 4 is 5.82 Å². The standard InChI is InChI=1S/C14H16F3N5/c15-11-2-1-3-19-13(11)21-8-6-20(7-9-21)10-12-18-4-5-22(12)14(16)17/h1-5,14H,6-10H2. The summed E-state index contributed by atoms with van der Waals surface area (Å²) in [6.45, 7) is 0.266. The molecule has 0 N–H and O–H groups in total. The first-order valence-corrected chi connectivity index (χ1v) is 7.03. The van der Waals surface area contributed by atoms with Gasteiger partial charge in [0.1, 0.15) is 5.82 Å². The molecular formula is C14H16F3N5. The summed E-state index contributed by atoms with van der Waals surface area (Å²) in [5, 5.41) is 0. The monoisotopic (exact) mass is 311 g/mol. The summed E-state index contributed by atoms with van der Waals surface area (Å²) >= 11 is 0. The molecule has 1 saturated heterocycles. The number of rotatable bonds is 4. The van der Waals surface area contributed by atoms with Crippen molar-refractivity contribution < 1.29 is 13.2 Å². The van der Waals surface area contributed by atoms with E-state index in [0.29, 0.717) is 44.4 Å². The summed E-state index contributed by atoms with van der Waals surface area (Å²) < 4.78 is 40.1. The topological polar surface area (TPSA) is 37.2 Å². The van der Waals surface area contributed by atoms with E-state index in [2.05, 4.69) is 9.97 Å². The molecule has 118 valence electrons. The van der Waals surface area contributed by atoms with Crippen LogP contribution in [-0.2, 0) is 6.54 Å². The van der Waals surface area contributed by atoms with Crippen LogP contribution in [-0.4, -0.2) is 45.6 Å². The molecule has 22 heavy (non-hydrogen) atoms. The fraction of sp³-hybridized carbons (Fsp3) is 0.429. The smallest absolute Gasteiger partial charge is 0.319 e. The third kappa shape index (κ3) is 3.06. The lowest BCUT2D eigenvalue weighted by molar-refractivity contribution is 0.0636. The molecule has 1 aliphatic heterocycles. The van der Waals surface area contributed by atoms with Gasteiger partial charge in [-0.15, -0.1) is 0 Å². The first-order chi connectivity index (χ1) is 10.6. The third-order valence-corrected chi connectivity index (χ3v) is 3.74. The van der Waals surface area contributed by atoms with Gasteiger partial charge in [-0.3, -0.25) is 9.47 Å². The van der Waals surface area contributed by atoms with Gasteiger partial charge >= 0.3 is 6.55 Å². The lowest BCUT2D eigenvalue weighted by atomic mass is 10.3. The van der Waals surface area contributed by atoms with Crippen molar-refractivity contribution in [2.75, 3.05) is 31.1 Å². The van der Waals surface area contributed by atoms with E-state index in [0.717, 1.165) is 4.57 Å². The van der Waals surface area contributed by atoms with Crippen LogP contribution in [0, 0.1) is 5.82 Å². The first-order valence-electron chi connectivity index (χ1n) is 7.03. The molecule has 5 nitrogen and oxygen atoms in total. The molecule has 3 rings (SSSR count). The fourth-order valence-corrected chi connectivity index (χ4v) is 2.57. The molecule has 0 radical (unpaired) electrons. The number of aromatic nitrogens is 3. The Morgan fingerprint density at radius 3 is 2.55 bits per heavy atom. The molecule has 0 amide bonds. The number of alkyl halides is 2. The van der Waals surface area contributed by atoms with Crippen LogP contribution in [0.4, 0.5) is 19.0 Å². The average molecular weight is 311 g/mol. The second kappa shape index (κ2) is 6.35. The van der Waals surface area contributed by atoms with Crippen molar-refractivity contribution in [1.82, 2.24) is 19.4 Å². The highest BCUT2D eigenvalue weighted by Gasteiger charge is 2.22. The number of anilines is 1. The molecule has 1 fully saturated rings. The van der Waals surface area contributed by atoms with Crippen LogP contribution in [0.15, 0.2) is 30.7 Å². The molecule has 2 aromatic rings. The Bertz CT molecular complexity index is 622. The van der Waals surface area contributed by atoms with E-state index >= 15 is 0 Å². The second-order valence-electron chi connectivity index (χ2n) is 5.10. The Labute approximate surface area is 126 Å². The Morgan fingerprint density at radius 1 is 1.09 bits per heavy atom. The van der Waals surface area contributed by atoms with Crippen molar-refractivity contribution in [1.29, 1.82) is 0 Å². The molecule has 0 aromatic carbocycles. The van der Waals surface area contributed by atoms with Crippen molar-refractivity contribution in [2.45, 2.75) is 13.1 Å². The largest absolute Gasteiger partial charge is 0.352 e. The van der Waals surface area contributed by atoms with Crippen LogP contribution in [0.25, 0.3) is 0 Å². The Hall–Kier alpha value is -2.09. The van der Waals surface area contributed by atoms with Gasteiger partial charge in [-0.1, -0.05) is 0 Å². The Kier molecular flexibility index (Phi) is 4.28. The minimum absolute atomic E-state index is 0.340. The second-order valence-corrected chi connectivity index (χ2v) is 5.10. The zero-order chi connectivity index (χ0) is 15.5. The first kappa shape index (κ1) is 14.8. The molecule has 8 heteroatoms. The van der Waals surface area contributed by atoms with Crippen LogP contribution in [0.1, 0.15) is 12.4 Å². The fourth-order valence-electron chi connectivity index (χ4n) is 2.57. The highest BCUT2D eigenvalue weighted by atomic mass is 19.3. The van der Waals surface area contributed by atoms with Gasteiger partial charge in [0.2, 0.25) is 0 Å². The highest BCUT2D eigenvalue weighted by Crippen LogP contribution is 2.19. The highest BCUT2D eigenvalue weighted by molar-refractivity contribution is 5.40. The van der Waals surface area contributed by atoms with Crippen LogP contribution >= 0.6 is 0 Å². The van der Waals surface area contributed by atoms with Crippen molar-refractivity contribution in [3.8, 4) is 0 Å². The average Bonchev–Trinajstić information content (AvgIpc) is 2.97. The predicted molar refractivity (Wildman–Crippen MR) is 75.2 cm³/mol. The summed E-state index contributed by atoms with van der Waals surface area (Å²) in [6, 6.07) is 2.94. The van der Waals surface area contributed by atoms with Crippen molar-refractivity contribution in [2.24, 2.45) is 0 Å². The summed E-state index contributed by atoms with van der Waals surface area (Å²) in [5.74, 6) is 0.341. The molecule has 2 aromatic heterocycles. The lowest BCUT2D eigenvalue weighted by Crippen LogP contribution is -2.46. The van der Waals surface area contributed by atoms with Crippen LogP contribution in [0.2, 0.25) is 0 Å². The van der Waals surface area contributed by atoms with E-state index in [4.69, 9.17) is 0 Å². The number of halogens is 3. The van der Waals surface area contributed by atoms with Gasteiger partial charge in [0.15, 0.2) is 11.6 Å². The summed E-state index contributed by atoms with van der Waals surface area (Å²) in [6.07, 6.45) is 4.21. The van der Waals surface area contributed by atoms with E-state index in [9.17, 15) is 13.2 Å². The minimum Gasteiger partial charge on any atom is -0.352 e. The zero-order valence-electron chi connectivity index (χ0n) is 11.9. The van der Waals surface area contributed by atoms with Gasteiger partial charge in [-0.2, -0.15) is 8.78 Å². The maximum atomic E-state index is 13.7. The maximum Gasteiger partial charge on any atom is 0.319 e. The normalized spacial score (nSPS) is 16.5. The number of hydrogen-bond donors (Lipinski definition) is 0. The van der Waals surface area contributed by atoms with Gasteiger partial charge < -0.3 is 4.90 Å². The molecular weight excluding hydrogens is 295 g/mol. The SMILES string of the molecule is Fc1cccnc1N1CCN(Cc2nccn2C(F)F)CC1. The lowest BCUT2D eigenvalue weighted by Gasteiger charge is -2.35. The van der Waals surface area contributed by atoms with E-state index in [1.807, 2.05) is 9.80 Å². The molecule has 0 saturated carbocycles. The van der Waals surface area contributed by atoms with E-state index in [1.54, 1.807) is 12.3 Å². The van der Waals surface area contributed by atoms with Crippen molar-refractivity contribution in [3.63, 3.8) is 0 Å². The summed E-state index contributed by atoms with van der Waals surface area (Å²) in [4.78, 5) is 11.9. The molecule has 0 atom stereocenters. The third-order valence-electron chi connectivity index (χ3n) is 3.74. The van der Waals surface area contributed by atoms with Gasteiger partial charge in [-0.05, 0) is 12.1 Å². The van der Waals surface area contributed by atoms with E-state index in [-0.39, 0.29) is 5.82 Å². The van der Waals surface area contributed by atoms with Gasteiger partial charge in [0.25, 0.3) is 0 Å². The Morgan fingerprint density at radius 2 is 1.86 bits per heavy atom. The van der Waals surface area contributed by atoms with Crippen LogP contribution < -0.4 is 4.90 Å². The number of nitrogens with zero attached hydrogens (tertiary/aromatic N) is 5. The van der Waals surface area contributed by atoms with E-state index in [1.165, 1.54) is 18.5 Å². The van der Waals surface area contributed by atoms with E-state index < -0.39 is 6.55 Å². The number of imidazole rings is 1. The quantitative estimate of drug-likeness (QED) is 0.867. The predicted octanol–water partition coefficient (Wildman–Crippen LogP) is 2.13. The minimum atomic E-state index is -2.58. The Balaban J connectivity index is 1.60. The molecule has 1 aliphatic rings. The summed E-state index contributed by atoms with van der Waals surface area (Å²) in [5.41, 5.74) is 0. The molecule has 0 spiro atoms. The molecule has 3 heterocycles. The molecule has 0 aliphatic carbocycles. The van der Waals surface area contributed by atoms with Gasteiger partial charge in [-0.25, -0.2) is 14.4 Å². The number of piperazine rings is 1. The maximum absolute atomic E-state index is 13.7. The molecule has 0 unspecified atom stereocenters. The zero-order valence-corrected chi connectivity index (χ0v) is 11.9. The van der Waals surface area contributed by atoms with Gasteiger partial charge in [0.05, 0.1) is 6.54 Å². The number of hydrogen-bond acceptors (Lipinski definition) is 4.